The van der Waals surface area contributed by atoms with Gasteiger partial charge in [0.15, 0.2) is 6.29 Å². The van der Waals surface area contributed by atoms with Crippen molar-refractivity contribution in [2.45, 2.75) is 6.92 Å². The molecule has 0 spiro atoms. The molecule has 3 aromatic rings. The Labute approximate surface area is 115 Å². The molecule has 0 bridgehead atoms. The lowest BCUT2D eigenvalue weighted by Crippen LogP contribution is -1.96. The number of carbonyl (C=O) groups excluding carboxylic acids is 1. The summed E-state index contributed by atoms with van der Waals surface area (Å²) >= 11 is 0. The third-order valence-electron chi connectivity index (χ3n) is 3.00. The number of aryl methyl sites for hydroxylation is 1. The Bertz CT molecular complexity index is 750. The number of nitrogens with zero attached hydrogens (tertiary/aromatic N) is 4. The van der Waals surface area contributed by atoms with Crippen molar-refractivity contribution in [1.29, 1.82) is 0 Å². The topological polar surface area (TPSA) is 60.7 Å². The van der Waals surface area contributed by atoms with Gasteiger partial charge in [-0.3, -0.25) is 14.8 Å². The van der Waals surface area contributed by atoms with Crippen molar-refractivity contribution in [2.24, 2.45) is 0 Å². The predicted molar refractivity (Wildman–Crippen MR) is 74.7 cm³/mol. The summed E-state index contributed by atoms with van der Waals surface area (Å²) in [5, 5.41) is 4.47. The molecule has 0 aliphatic rings. The molecule has 0 aliphatic carbocycles. The van der Waals surface area contributed by atoms with Crippen molar-refractivity contribution in [2.75, 3.05) is 0 Å². The fourth-order valence-electron chi connectivity index (χ4n) is 2.01. The molecule has 0 unspecified atom stereocenters. The summed E-state index contributed by atoms with van der Waals surface area (Å²) in [7, 11) is 0. The van der Waals surface area contributed by atoms with Gasteiger partial charge in [0.05, 0.1) is 16.9 Å². The van der Waals surface area contributed by atoms with E-state index >= 15 is 0 Å². The summed E-state index contributed by atoms with van der Waals surface area (Å²) in [6, 6.07) is 9.63. The van der Waals surface area contributed by atoms with Crippen molar-refractivity contribution in [1.82, 2.24) is 19.7 Å². The van der Waals surface area contributed by atoms with Gasteiger partial charge in [-0.15, -0.1) is 0 Å². The van der Waals surface area contributed by atoms with E-state index in [1.165, 1.54) is 0 Å². The maximum atomic E-state index is 11.3. The quantitative estimate of drug-likeness (QED) is 0.682. The van der Waals surface area contributed by atoms with E-state index < -0.39 is 0 Å². The maximum absolute atomic E-state index is 11.3. The molecule has 0 saturated heterocycles. The van der Waals surface area contributed by atoms with Crippen molar-refractivity contribution in [3.05, 3.63) is 60.2 Å². The molecule has 3 rings (SSSR count). The van der Waals surface area contributed by atoms with Crippen LogP contribution < -0.4 is 0 Å². The second kappa shape index (κ2) is 5.05. The largest absolute Gasteiger partial charge is 0.298 e. The molecule has 0 N–H and O–H groups in total. The molecular formula is C15H12N4O. The highest BCUT2D eigenvalue weighted by molar-refractivity contribution is 5.85. The standard InChI is InChI=1S/C15H12N4O/c1-11-14(17-8-7-16-11)15-12(10-20)9-19(18-15)13-5-3-2-4-6-13/h2-10H,1H3. The first-order chi connectivity index (χ1) is 9.79. The molecule has 2 heterocycles. The van der Waals surface area contributed by atoms with Crippen LogP contribution in [-0.2, 0) is 0 Å². The second-order valence-electron chi connectivity index (χ2n) is 4.32. The molecule has 5 nitrogen and oxygen atoms in total. The van der Waals surface area contributed by atoms with Gasteiger partial charge in [-0.1, -0.05) is 18.2 Å². The van der Waals surface area contributed by atoms with E-state index in [4.69, 9.17) is 0 Å². The Morgan fingerprint density at radius 1 is 1.05 bits per heavy atom. The zero-order valence-electron chi connectivity index (χ0n) is 10.9. The Morgan fingerprint density at radius 3 is 2.50 bits per heavy atom. The molecule has 0 amide bonds. The molecular weight excluding hydrogens is 252 g/mol. The molecule has 20 heavy (non-hydrogen) atoms. The van der Waals surface area contributed by atoms with Gasteiger partial charge in [-0.05, 0) is 19.1 Å². The minimum absolute atomic E-state index is 0.498. The molecule has 0 fully saturated rings. The summed E-state index contributed by atoms with van der Waals surface area (Å²) < 4.78 is 1.67. The highest BCUT2D eigenvalue weighted by Gasteiger charge is 2.15. The second-order valence-corrected chi connectivity index (χ2v) is 4.32. The number of aromatic nitrogens is 4. The first-order valence-corrected chi connectivity index (χ1v) is 6.18. The van der Waals surface area contributed by atoms with E-state index in [0.29, 0.717) is 17.0 Å². The number of para-hydroxylation sites is 1. The van der Waals surface area contributed by atoms with Crippen LogP contribution in [0, 0.1) is 6.92 Å². The van der Waals surface area contributed by atoms with Gasteiger partial charge in [-0.25, -0.2) is 4.68 Å². The van der Waals surface area contributed by atoms with Gasteiger partial charge < -0.3 is 0 Å². The Kier molecular flexibility index (Phi) is 3.09. The molecule has 98 valence electrons. The SMILES string of the molecule is Cc1nccnc1-c1nn(-c2ccccc2)cc1C=O. The van der Waals surface area contributed by atoms with Crippen LogP contribution in [0.2, 0.25) is 0 Å². The van der Waals surface area contributed by atoms with Crippen LogP contribution in [0.5, 0.6) is 0 Å². The maximum Gasteiger partial charge on any atom is 0.153 e. The van der Waals surface area contributed by atoms with E-state index in [9.17, 15) is 4.79 Å². The Hall–Kier alpha value is -2.82. The highest BCUT2D eigenvalue weighted by Crippen LogP contribution is 2.22. The number of hydrogen-bond acceptors (Lipinski definition) is 4. The first kappa shape index (κ1) is 12.2. The third-order valence-corrected chi connectivity index (χ3v) is 3.00. The highest BCUT2D eigenvalue weighted by atomic mass is 16.1. The Morgan fingerprint density at radius 2 is 1.80 bits per heavy atom. The summed E-state index contributed by atoms with van der Waals surface area (Å²) in [5.74, 6) is 0. The lowest BCUT2D eigenvalue weighted by molar-refractivity contribution is 0.112. The van der Waals surface area contributed by atoms with E-state index in [2.05, 4.69) is 15.1 Å². The van der Waals surface area contributed by atoms with Crippen LogP contribution in [0.25, 0.3) is 17.1 Å². The zero-order chi connectivity index (χ0) is 13.9. The average molecular weight is 264 g/mol. The van der Waals surface area contributed by atoms with Gasteiger partial charge >= 0.3 is 0 Å². The van der Waals surface area contributed by atoms with Crippen LogP contribution in [0.15, 0.2) is 48.9 Å². The molecule has 5 heteroatoms. The van der Waals surface area contributed by atoms with E-state index in [-0.39, 0.29) is 0 Å². The molecule has 0 radical (unpaired) electrons. The van der Waals surface area contributed by atoms with Gasteiger partial charge in [0, 0.05) is 18.6 Å². The average Bonchev–Trinajstić information content (AvgIpc) is 2.93. The van der Waals surface area contributed by atoms with Crippen molar-refractivity contribution < 1.29 is 4.79 Å². The minimum atomic E-state index is 0.498. The summed E-state index contributed by atoms with van der Waals surface area (Å²) in [5.41, 5.74) is 3.31. The minimum Gasteiger partial charge on any atom is -0.298 e. The molecule has 0 aliphatic heterocycles. The van der Waals surface area contributed by atoms with Crippen molar-refractivity contribution >= 4 is 6.29 Å². The van der Waals surface area contributed by atoms with E-state index in [1.54, 1.807) is 23.3 Å². The normalized spacial score (nSPS) is 10.4. The van der Waals surface area contributed by atoms with Crippen LogP contribution in [0.1, 0.15) is 16.1 Å². The van der Waals surface area contributed by atoms with E-state index in [0.717, 1.165) is 17.7 Å². The third kappa shape index (κ3) is 2.09. The monoisotopic (exact) mass is 264 g/mol. The predicted octanol–water partition coefficient (Wildman–Crippen LogP) is 2.45. The molecule has 0 atom stereocenters. The van der Waals surface area contributed by atoms with Crippen molar-refractivity contribution in [3.63, 3.8) is 0 Å². The first-order valence-electron chi connectivity index (χ1n) is 6.18. The number of carbonyl (C=O) groups is 1. The number of aldehydes is 1. The zero-order valence-corrected chi connectivity index (χ0v) is 10.9. The molecule has 2 aromatic heterocycles. The number of hydrogen-bond donors (Lipinski definition) is 0. The summed E-state index contributed by atoms with van der Waals surface area (Å²) in [6.07, 6.45) is 5.70. The van der Waals surface area contributed by atoms with Crippen LogP contribution in [-0.4, -0.2) is 26.0 Å². The lowest BCUT2D eigenvalue weighted by Gasteiger charge is -2.01. The van der Waals surface area contributed by atoms with Crippen LogP contribution >= 0.6 is 0 Å². The molecule has 0 saturated carbocycles. The van der Waals surface area contributed by atoms with Crippen LogP contribution in [0.3, 0.4) is 0 Å². The fraction of sp³-hybridized carbons (Fsp3) is 0.0667. The van der Waals surface area contributed by atoms with Gasteiger partial charge in [-0.2, -0.15) is 5.10 Å². The number of rotatable bonds is 3. The van der Waals surface area contributed by atoms with Gasteiger partial charge in [0.2, 0.25) is 0 Å². The molecule has 1 aromatic carbocycles. The smallest absolute Gasteiger partial charge is 0.153 e. The number of benzene rings is 1. The van der Waals surface area contributed by atoms with Crippen LogP contribution in [0.4, 0.5) is 0 Å². The van der Waals surface area contributed by atoms with Gasteiger partial charge in [0.25, 0.3) is 0 Å². The van der Waals surface area contributed by atoms with E-state index in [1.807, 2.05) is 37.3 Å². The Balaban J connectivity index is 2.16. The van der Waals surface area contributed by atoms with Gasteiger partial charge in [0.1, 0.15) is 11.4 Å². The fourth-order valence-corrected chi connectivity index (χ4v) is 2.01. The van der Waals surface area contributed by atoms with Crippen molar-refractivity contribution in [3.8, 4) is 17.1 Å². The summed E-state index contributed by atoms with van der Waals surface area (Å²) in [6.45, 7) is 1.85. The lowest BCUT2D eigenvalue weighted by atomic mass is 10.2. The summed E-state index contributed by atoms with van der Waals surface area (Å²) in [4.78, 5) is 19.7.